The van der Waals surface area contributed by atoms with E-state index in [4.69, 9.17) is 5.73 Å². The van der Waals surface area contributed by atoms with Crippen LogP contribution in [0, 0.1) is 12.7 Å². The van der Waals surface area contributed by atoms with E-state index in [9.17, 15) is 22.7 Å². The van der Waals surface area contributed by atoms with E-state index >= 15 is 0 Å². The molecule has 1 unspecified atom stereocenters. The average Bonchev–Trinajstić information content (AvgIpc) is 2.37. The first kappa shape index (κ1) is 15.3. The van der Waals surface area contributed by atoms with Crippen molar-refractivity contribution in [2.45, 2.75) is 19.2 Å². The molecule has 2 aromatic rings. The lowest BCUT2D eigenvalue weighted by atomic mass is 9.95. The Bertz CT molecular complexity index is 667. The summed E-state index contributed by atoms with van der Waals surface area (Å²) in [6.45, 7) is 1.56. The van der Waals surface area contributed by atoms with Gasteiger partial charge in [-0.15, -0.1) is 0 Å². The predicted octanol–water partition coefficient (Wildman–Crippen LogP) is 3.82. The number of rotatable bonds is 2. The van der Waals surface area contributed by atoms with Crippen LogP contribution in [0.15, 0.2) is 36.4 Å². The zero-order chi connectivity index (χ0) is 15.8. The lowest BCUT2D eigenvalue weighted by Crippen LogP contribution is -2.10. The van der Waals surface area contributed by atoms with Crippen molar-refractivity contribution in [2.75, 3.05) is 5.73 Å². The van der Waals surface area contributed by atoms with Gasteiger partial charge in [0.2, 0.25) is 0 Å². The summed E-state index contributed by atoms with van der Waals surface area (Å²) in [5.74, 6) is -0.486. The summed E-state index contributed by atoms with van der Waals surface area (Å²) in [6, 6.07) is 6.42. The summed E-state index contributed by atoms with van der Waals surface area (Å²) < 4.78 is 51.2. The van der Waals surface area contributed by atoms with Crippen molar-refractivity contribution in [3.05, 3.63) is 64.5 Å². The van der Waals surface area contributed by atoms with Crippen LogP contribution >= 0.6 is 0 Å². The summed E-state index contributed by atoms with van der Waals surface area (Å²) in [6.07, 6.45) is -5.88. The maximum atomic E-state index is 13.1. The quantitative estimate of drug-likeness (QED) is 0.654. The normalized spacial score (nSPS) is 13.2. The van der Waals surface area contributed by atoms with Gasteiger partial charge in [-0.25, -0.2) is 4.39 Å². The summed E-state index contributed by atoms with van der Waals surface area (Å²) in [5.41, 5.74) is 5.47. The van der Waals surface area contributed by atoms with Gasteiger partial charge in [-0.1, -0.05) is 6.07 Å². The first-order chi connectivity index (χ1) is 9.70. The number of hydrogen-bond acceptors (Lipinski definition) is 2. The minimum Gasteiger partial charge on any atom is -0.398 e. The standard InChI is InChI=1S/C15H13F4NO/c1-8-6-10(16)3-4-11(8)14(21)12-7-9(15(17,18)19)2-5-13(12)20/h2-7,14,21H,20H2,1H3. The Kier molecular flexibility index (Phi) is 3.91. The molecule has 0 amide bonds. The maximum absolute atomic E-state index is 13.1. The molecular weight excluding hydrogens is 286 g/mol. The van der Waals surface area contributed by atoms with Crippen LogP contribution in [0.1, 0.15) is 28.4 Å². The molecule has 2 aromatic carbocycles. The average molecular weight is 299 g/mol. The van der Waals surface area contributed by atoms with Crippen LogP contribution in [-0.2, 0) is 6.18 Å². The highest BCUT2D eigenvalue weighted by Gasteiger charge is 2.31. The SMILES string of the molecule is Cc1cc(F)ccc1C(O)c1cc(C(F)(F)F)ccc1N. The van der Waals surface area contributed by atoms with E-state index in [1.54, 1.807) is 6.92 Å². The van der Waals surface area contributed by atoms with Crippen molar-refractivity contribution < 1.29 is 22.7 Å². The van der Waals surface area contributed by atoms with Gasteiger partial charge in [-0.05, 0) is 48.4 Å². The Balaban J connectivity index is 2.50. The van der Waals surface area contributed by atoms with E-state index in [0.717, 1.165) is 24.3 Å². The molecule has 0 aliphatic heterocycles. The fraction of sp³-hybridized carbons (Fsp3) is 0.200. The minimum atomic E-state index is -4.53. The van der Waals surface area contributed by atoms with Gasteiger partial charge in [-0.3, -0.25) is 0 Å². The number of anilines is 1. The highest BCUT2D eigenvalue weighted by molar-refractivity contribution is 5.53. The molecule has 0 spiro atoms. The monoisotopic (exact) mass is 299 g/mol. The molecule has 0 radical (unpaired) electrons. The van der Waals surface area contributed by atoms with Gasteiger partial charge in [0.1, 0.15) is 11.9 Å². The molecule has 6 heteroatoms. The van der Waals surface area contributed by atoms with E-state index in [0.29, 0.717) is 11.1 Å². The molecule has 0 aliphatic rings. The number of aliphatic hydroxyl groups excluding tert-OH is 1. The first-order valence-electron chi connectivity index (χ1n) is 6.11. The van der Waals surface area contributed by atoms with E-state index in [2.05, 4.69) is 0 Å². The molecule has 0 fully saturated rings. The smallest absolute Gasteiger partial charge is 0.398 e. The number of aryl methyl sites for hydroxylation is 1. The number of nitrogen functional groups attached to an aromatic ring is 1. The lowest BCUT2D eigenvalue weighted by molar-refractivity contribution is -0.137. The first-order valence-corrected chi connectivity index (χ1v) is 6.11. The van der Waals surface area contributed by atoms with Crippen molar-refractivity contribution in [3.63, 3.8) is 0 Å². The molecule has 3 N–H and O–H groups in total. The van der Waals surface area contributed by atoms with Crippen LogP contribution in [0.25, 0.3) is 0 Å². The number of nitrogens with two attached hydrogens (primary N) is 1. The summed E-state index contributed by atoms with van der Waals surface area (Å²) in [5, 5.41) is 10.3. The summed E-state index contributed by atoms with van der Waals surface area (Å²) >= 11 is 0. The molecule has 0 aliphatic carbocycles. The van der Waals surface area contributed by atoms with Crippen molar-refractivity contribution in [2.24, 2.45) is 0 Å². The number of aliphatic hydroxyl groups is 1. The van der Waals surface area contributed by atoms with Crippen molar-refractivity contribution in [3.8, 4) is 0 Å². The van der Waals surface area contributed by atoms with Gasteiger partial charge in [0.15, 0.2) is 0 Å². The predicted molar refractivity (Wildman–Crippen MR) is 71.1 cm³/mol. The fourth-order valence-corrected chi connectivity index (χ4v) is 2.10. The second-order valence-corrected chi connectivity index (χ2v) is 4.74. The third-order valence-corrected chi connectivity index (χ3v) is 3.24. The molecule has 21 heavy (non-hydrogen) atoms. The van der Waals surface area contributed by atoms with Crippen LogP contribution in [0.4, 0.5) is 23.2 Å². The van der Waals surface area contributed by atoms with E-state index in [1.165, 1.54) is 12.1 Å². The Labute approximate surface area is 118 Å². The second kappa shape index (κ2) is 5.37. The van der Waals surface area contributed by atoms with Gasteiger partial charge in [0.25, 0.3) is 0 Å². The molecule has 112 valence electrons. The van der Waals surface area contributed by atoms with Crippen LogP contribution < -0.4 is 5.73 Å². The number of hydrogen-bond donors (Lipinski definition) is 2. The lowest BCUT2D eigenvalue weighted by Gasteiger charge is -2.18. The van der Waals surface area contributed by atoms with Crippen molar-refractivity contribution in [1.82, 2.24) is 0 Å². The fourth-order valence-electron chi connectivity index (χ4n) is 2.10. The highest BCUT2D eigenvalue weighted by Crippen LogP contribution is 2.35. The van der Waals surface area contributed by atoms with E-state index in [-0.39, 0.29) is 11.3 Å². The van der Waals surface area contributed by atoms with Crippen molar-refractivity contribution in [1.29, 1.82) is 0 Å². The Morgan fingerprint density at radius 1 is 1.05 bits per heavy atom. The van der Waals surface area contributed by atoms with Crippen LogP contribution in [0.3, 0.4) is 0 Å². The molecule has 2 nitrogen and oxygen atoms in total. The zero-order valence-corrected chi connectivity index (χ0v) is 11.1. The number of halogens is 4. The van der Waals surface area contributed by atoms with Gasteiger partial charge >= 0.3 is 6.18 Å². The Morgan fingerprint density at radius 2 is 1.71 bits per heavy atom. The maximum Gasteiger partial charge on any atom is 0.416 e. The minimum absolute atomic E-state index is 0.0409. The summed E-state index contributed by atoms with van der Waals surface area (Å²) in [4.78, 5) is 0. The Morgan fingerprint density at radius 3 is 2.29 bits per heavy atom. The largest absolute Gasteiger partial charge is 0.416 e. The molecule has 1 atom stereocenters. The van der Waals surface area contributed by atoms with Crippen LogP contribution in [0.2, 0.25) is 0 Å². The van der Waals surface area contributed by atoms with Gasteiger partial charge in [0.05, 0.1) is 5.56 Å². The molecular formula is C15H13F4NO. The molecule has 0 saturated heterocycles. The number of alkyl halides is 3. The second-order valence-electron chi connectivity index (χ2n) is 4.74. The molecule has 0 bridgehead atoms. The van der Waals surface area contributed by atoms with Gasteiger partial charge < -0.3 is 10.8 Å². The zero-order valence-electron chi connectivity index (χ0n) is 11.1. The molecule has 0 heterocycles. The van der Waals surface area contributed by atoms with Crippen molar-refractivity contribution >= 4 is 5.69 Å². The third-order valence-electron chi connectivity index (χ3n) is 3.24. The topological polar surface area (TPSA) is 46.2 Å². The third kappa shape index (κ3) is 3.16. The molecule has 0 saturated carbocycles. The molecule has 0 aromatic heterocycles. The van der Waals surface area contributed by atoms with E-state index < -0.39 is 23.7 Å². The van der Waals surface area contributed by atoms with E-state index in [1.807, 2.05) is 0 Å². The highest BCUT2D eigenvalue weighted by atomic mass is 19.4. The molecule has 2 rings (SSSR count). The van der Waals surface area contributed by atoms with Gasteiger partial charge in [0, 0.05) is 11.3 Å². The van der Waals surface area contributed by atoms with Crippen LogP contribution in [-0.4, -0.2) is 5.11 Å². The Hall–Kier alpha value is -2.08. The van der Waals surface area contributed by atoms with Gasteiger partial charge in [-0.2, -0.15) is 13.2 Å². The summed E-state index contributed by atoms with van der Waals surface area (Å²) in [7, 11) is 0. The van der Waals surface area contributed by atoms with Crippen LogP contribution in [0.5, 0.6) is 0 Å². The number of benzene rings is 2.